The molecule has 0 radical (unpaired) electrons. The van der Waals surface area contributed by atoms with Crippen LogP contribution in [0.15, 0.2) is 24.3 Å². The number of rotatable bonds is 3. The number of nitrogens with one attached hydrogen (secondary N) is 1. The van der Waals surface area contributed by atoms with E-state index < -0.39 is 18.0 Å². The lowest BCUT2D eigenvalue weighted by atomic mass is 10.0. The van der Waals surface area contributed by atoms with E-state index in [1.165, 1.54) is 23.1 Å². The Morgan fingerprint density at radius 3 is 2.52 bits per heavy atom. The maximum absolute atomic E-state index is 12.4. The maximum atomic E-state index is 12.4. The highest BCUT2D eigenvalue weighted by atomic mass is 19.4. The van der Waals surface area contributed by atoms with Crippen LogP contribution in [0.2, 0.25) is 0 Å². The van der Waals surface area contributed by atoms with Crippen LogP contribution < -0.4 is 10.1 Å². The van der Waals surface area contributed by atoms with Gasteiger partial charge in [-0.25, -0.2) is 0 Å². The molecule has 21 heavy (non-hydrogen) atoms. The van der Waals surface area contributed by atoms with Crippen LogP contribution in [-0.4, -0.2) is 43.3 Å². The fraction of sp³-hybridized carbons (Fsp3) is 0.500. The quantitative estimate of drug-likeness (QED) is 0.932. The molecule has 0 unspecified atom stereocenters. The minimum atomic E-state index is -4.82. The topological polar surface area (TPSA) is 41.6 Å². The minimum Gasteiger partial charge on any atom is -0.405 e. The van der Waals surface area contributed by atoms with E-state index in [4.69, 9.17) is 0 Å². The Balaban J connectivity index is 2.18. The molecule has 0 aliphatic carbocycles. The first-order chi connectivity index (χ1) is 9.88. The van der Waals surface area contributed by atoms with E-state index in [0.29, 0.717) is 0 Å². The van der Waals surface area contributed by atoms with Crippen LogP contribution in [0.25, 0.3) is 0 Å². The zero-order chi connectivity index (χ0) is 15.5. The molecule has 1 fully saturated rings. The average Bonchev–Trinajstić information content (AvgIpc) is 2.45. The summed E-state index contributed by atoms with van der Waals surface area (Å²) in [5.41, 5.74) is -0.0733. The molecule has 2 rings (SSSR count). The molecule has 1 saturated heterocycles. The van der Waals surface area contributed by atoms with Gasteiger partial charge < -0.3 is 15.0 Å². The van der Waals surface area contributed by atoms with Gasteiger partial charge >= 0.3 is 6.36 Å². The first-order valence-electron chi connectivity index (χ1n) is 6.71. The second kappa shape index (κ2) is 6.34. The van der Waals surface area contributed by atoms with Crippen molar-refractivity contribution in [1.29, 1.82) is 0 Å². The first kappa shape index (κ1) is 15.6. The van der Waals surface area contributed by atoms with E-state index in [1.54, 1.807) is 7.05 Å². The Hall–Kier alpha value is -1.76. The molecule has 1 amide bonds. The van der Waals surface area contributed by atoms with Gasteiger partial charge in [0.05, 0.1) is 5.56 Å². The van der Waals surface area contributed by atoms with Gasteiger partial charge in [0.2, 0.25) is 0 Å². The van der Waals surface area contributed by atoms with Crippen molar-refractivity contribution in [2.45, 2.75) is 25.2 Å². The van der Waals surface area contributed by atoms with Gasteiger partial charge in [-0.1, -0.05) is 12.1 Å². The number of benzene rings is 1. The predicted molar refractivity (Wildman–Crippen MR) is 71.1 cm³/mol. The molecule has 0 saturated carbocycles. The number of ether oxygens (including phenoxy) is 1. The summed E-state index contributed by atoms with van der Waals surface area (Å²) in [5, 5.41) is 3.18. The molecule has 116 valence electrons. The maximum Gasteiger partial charge on any atom is 0.573 e. The standard InChI is InChI=1S/C14H17F3N2O2/c1-19(10-6-8-18-9-7-10)13(20)11-4-2-3-5-12(11)21-14(15,16)17/h2-5,10,18H,6-9H2,1H3. The number of amides is 1. The average molecular weight is 302 g/mol. The van der Waals surface area contributed by atoms with Crippen molar-refractivity contribution in [2.24, 2.45) is 0 Å². The first-order valence-corrected chi connectivity index (χ1v) is 6.71. The molecule has 0 bridgehead atoms. The Morgan fingerprint density at radius 1 is 1.29 bits per heavy atom. The highest BCUT2D eigenvalue weighted by Crippen LogP contribution is 2.27. The van der Waals surface area contributed by atoms with E-state index >= 15 is 0 Å². The summed E-state index contributed by atoms with van der Waals surface area (Å²) in [6, 6.07) is 5.45. The molecule has 1 aromatic carbocycles. The number of hydrogen-bond donors (Lipinski definition) is 1. The largest absolute Gasteiger partial charge is 0.573 e. The summed E-state index contributed by atoms with van der Waals surface area (Å²) >= 11 is 0. The van der Waals surface area contributed by atoms with Gasteiger partial charge in [-0.05, 0) is 38.1 Å². The molecular formula is C14H17F3N2O2. The summed E-state index contributed by atoms with van der Waals surface area (Å²) < 4.78 is 41.1. The summed E-state index contributed by atoms with van der Waals surface area (Å²) in [6.45, 7) is 1.59. The van der Waals surface area contributed by atoms with Crippen LogP contribution in [-0.2, 0) is 0 Å². The zero-order valence-corrected chi connectivity index (χ0v) is 11.6. The Labute approximate surface area is 120 Å². The van der Waals surface area contributed by atoms with Gasteiger partial charge in [0.25, 0.3) is 5.91 Å². The van der Waals surface area contributed by atoms with Gasteiger partial charge in [-0.3, -0.25) is 4.79 Å². The molecule has 4 nitrogen and oxygen atoms in total. The normalized spacial score (nSPS) is 16.6. The van der Waals surface area contributed by atoms with Gasteiger partial charge in [-0.15, -0.1) is 13.2 Å². The Morgan fingerprint density at radius 2 is 1.90 bits per heavy atom. The Bertz CT molecular complexity index is 499. The van der Waals surface area contributed by atoms with Crippen molar-refractivity contribution >= 4 is 5.91 Å². The minimum absolute atomic E-state index is 0.0256. The lowest BCUT2D eigenvalue weighted by Gasteiger charge is -2.32. The van der Waals surface area contributed by atoms with Gasteiger partial charge in [0.1, 0.15) is 5.75 Å². The molecule has 1 aliphatic heterocycles. The summed E-state index contributed by atoms with van der Waals surface area (Å²) in [4.78, 5) is 13.9. The van der Waals surface area contributed by atoms with Crippen LogP contribution in [0.1, 0.15) is 23.2 Å². The van der Waals surface area contributed by atoms with Crippen molar-refractivity contribution in [2.75, 3.05) is 20.1 Å². The molecule has 1 aromatic rings. The zero-order valence-electron chi connectivity index (χ0n) is 11.6. The number of halogens is 3. The second-order valence-electron chi connectivity index (χ2n) is 4.94. The monoisotopic (exact) mass is 302 g/mol. The van der Waals surface area contributed by atoms with Crippen LogP contribution in [0.3, 0.4) is 0 Å². The number of para-hydroxylation sites is 1. The number of carbonyl (C=O) groups is 1. The van der Waals surface area contributed by atoms with Crippen molar-refractivity contribution in [3.05, 3.63) is 29.8 Å². The summed E-state index contributed by atoms with van der Waals surface area (Å²) in [6.07, 6.45) is -3.25. The summed E-state index contributed by atoms with van der Waals surface area (Å²) in [7, 11) is 1.61. The van der Waals surface area contributed by atoms with Gasteiger partial charge in [0, 0.05) is 13.1 Å². The van der Waals surface area contributed by atoms with Crippen LogP contribution in [0.5, 0.6) is 5.75 Å². The van der Waals surface area contributed by atoms with E-state index in [1.807, 2.05) is 0 Å². The number of alkyl halides is 3. The number of hydrogen-bond acceptors (Lipinski definition) is 3. The van der Waals surface area contributed by atoms with E-state index in [2.05, 4.69) is 10.1 Å². The van der Waals surface area contributed by atoms with Crippen molar-refractivity contribution < 1.29 is 22.7 Å². The predicted octanol–water partition coefficient (Wildman–Crippen LogP) is 2.41. The van der Waals surface area contributed by atoms with E-state index in [9.17, 15) is 18.0 Å². The van der Waals surface area contributed by atoms with Crippen molar-refractivity contribution in [3.63, 3.8) is 0 Å². The third-order valence-electron chi connectivity index (χ3n) is 3.52. The molecule has 1 N–H and O–H groups in total. The number of piperidine rings is 1. The third kappa shape index (κ3) is 4.10. The number of nitrogens with zero attached hydrogens (tertiary/aromatic N) is 1. The highest BCUT2D eigenvalue weighted by Gasteiger charge is 2.33. The van der Waals surface area contributed by atoms with Crippen LogP contribution >= 0.6 is 0 Å². The van der Waals surface area contributed by atoms with E-state index in [-0.39, 0.29) is 11.6 Å². The molecule has 7 heteroatoms. The molecule has 0 aromatic heterocycles. The lowest BCUT2D eigenvalue weighted by molar-refractivity contribution is -0.274. The van der Waals surface area contributed by atoms with Crippen LogP contribution in [0.4, 0.5) is 13.2 Å². The highest BCUT2D eigenvalue weighted by molar-refractivity contribution is 5.97. The number of carbonyl (C=O) groups excluding carboxylic acids is 1. The van der Waals surface area contributed by atoms with Gasteiger partial charge in [-0.2, -0.15) is 0 Å². The fourth-order valence-electron chi connectivity index (χ4n) is 2.41. The molecule has 0 atom stereocenters. The SMILES string of the molecule is CN(C(=O)c1ccccc1OC(F)(F)F)C1CCNCC1. The summed E-state index contributed by atoms with van der Waals surface area (Å²) in [5.74, 6) is -0.919. The van der Waals surface area contributed by atoms with Crippen LogP contribution in [0, 0.1) is 0 Å². The third-order valence-corrected chi connectivity index (χ3v) is 3.52. The van der Waals surface area contributed by atoms with Crippen molar-refractivity contribution in [3.8, 4) is 5.75 Å². The fourth-order valence-corrected chi connectivity index (χ4v) is 2.41. The van der Waals surface area contributed by atoms with E-state index in [0.717, 1.165) is 32.0 Å². The van der Waals surface area contributed by atoms with Gasteiger partial charge in [0.15, 0.2) is 0 Å². The molecule has 0 spiro atoms. The molecule has 1 aliphatic rings. The smallest absolute Gasteiger partial charge is 0.405 e. The lowest BCUT2D eigenvalue weighted by Crippen LogP contribution is -2.44. The second-order valence-corrected chi connectivity index (χ2v) is 4.94. The molecular weight excluding hydrogens is 285 g/mol. The van der Waals surface area contributed by atoms with Crippen molar-refractivity contribution in [1.82, 2.24) is 10.2 Å². The molecule has 1 heterocycles. The Kier molecular flexibility index (Phi) is 4.72.